The zero-order valence-electron chi connectivity index (χ0n) is 17.6. The van der Waals surface area contributed by atoms with Crippen molar-refractivity contribution >= 4 is 47.4 Å². The van der Waals surface area contributed by atoms with Crippen LogP contribution >= 0.6 is 35.6 Å². The molecule has 6 nitrogen and oxygen atoms in total. The Morgan fingerprint density at radius 1 is 1.03 bits per heavy atom. The van der Waals surface area contributed by atoms with Crippen LogP contribution in [0.2, 0.25) is 10.0 Å². The molecule has 31 heavy (non-hydrogen) atoms. The molecular weight excluding hydrogens is 465 g/mol. The van der Waals surface area contributed by atoms with Crippen LogP contribution in [0, 0.1) is 0 Å². The molecule has 0 saturated carbocycles. The summed E-state index contributed by atoms with van der Waals surface area (Å²) in [5, 5.41) is 10.2. The molecular formula is C22H26Cl3NO5. The standard InChI is InChI=1S/C22H25Cl2NO5.ClH/c1-4-25(5-2)12-15-11-14(7-9-17(15)26)22(28)16-8-10-18(21(24)20(16)23)30-13-19(27)29-6-3;/h7-11,26H,4-6,12-13H2,1-3H3;1H. The van der Waals surface area contributed by atoms with Gasteiger partial charge in [0.05, 0.1) is 11.6 Å². The number of benzene rings is 2. The van der Waals surface area contributed by atoms with Gasteiger partial charge in [0, 0.05) is 23.2 Å². The Hall–Kier alpha value is -1.99. The van der Waals surface area contributed by atoms with Crippen LogP contribution < -0.4 is 4.74 Å². The van der Waals surface area contributed by atoms with Crippen LogP contribution in [0.25, 0.3) is 0 Å². The van der Waals surface area contributed by atoms with Crippen LogP contribution in [0.15, 0.2) is 30.3 Å². The third-order valence-electron chi connectivity index (χ3n) is 4.57. The van der Waals surface area contributed by atoms with Gasteiger partial charge in [-0.2, -0.15) is 0 Å². The van der Waals surface area contributed by atoms with Gasteiger partial charge >= 0.3 is 5.97 Å². The largest absolute Gasteiger partial charge is 0.508 e. The summed E-state index contributed by atoms with van der Waals surface area (Å²) in [6, 6.07) is 7.68. The van der Waals surface area contributed by atoms with Gasteiger partial charge in [0.1, 0.15) is 16.5 Å². The van der Waals surface area contributed by atoms with E-state index in [0.29, 0.717) is 17.7 Å². The first-order valence-electron chi connectivity index (χ1n) is 9.67. The maximum absolute atomic E-state index is 13.0. The molecule has 0 amide bonds. The summed E-state index contributed by atoms with van der Waals surface area (Å²) >= 11 is 12.6. The number of ketones is 1. The predicted octanol–water partition coefficient (Wildman–Crippen LogP) is 5.14. The van der Waals surface area contributed by atoms with E-state index in [4.69, 9.17) is 32.7 Å². The fraction of sp³-hybridized carbons (Fsp3) is 0.364. The Labute approximate surface area is 198 Å². The molecule has 0 aliphatic heterocycles. The van der Waals surface area contributed by atoms with Crippen LogP contribution in [0.4, 0.5) is 0 Å². The average Bonchev–Trinajstić information content (AvgIpc) is 2.74. The monoisotopic (exact) mass is 489 g/mol. The number of hydrogen-bond acceptors (Lipinski definition) is 6. The molecule has 170 valence electrons. The Kier molecular flexibility index (Phi) is 11.1. The Balaban J connectivity index is 0.00000480. The summed E-state index contributed by atoms with van der Waals surface area (Å²) in [5.41, 5.74) is 1.24. The number of carbonyl (C=O) groups is 2. The number of halogens is 3. The number of aromatic hydroxyl groups is 1. The van der Waals surface area contributed by atoms with Crippen molar-refractivity contribution < 1.29 is 24.2 Å². The molecule has 0 radical (unpaired) electrons. The van der Waals surface area contributed by atoms with Gasteiger partial charge in [-0.1, -0.05) is 37.0 Å². The number of phenols is 1. The highest BCUT2D eigenvalue weighted by Crippen LogP contribution is 2.36. The minimum atomic E-state index is -0.533. The number of rotatable bonds is 10. The van der Waals surface area contributed by atoms with Crippen molar-refractivity contribution in [2.75, 3.05) is 26.3 Å². The number of ether oxygens (including phenoxy) is 2. The highest BCUT2D eigenvalue weighted by molar-refractivity contribution is 6.45. The molecule has 2 rings (SSSR count). The summed E-state index contributed by atoms with van der Waals surface area (Å²) in [7, 11) is 0. The summed E-state index contributed by atoms with van der Waals surface area (Å²) in [6.45, 7) is 7.85. The molecule has 0 heterocycles. The van der Waals surface area contributed by atoms with Gasteiger partial charge in [-0.3, -0.25) is 9.69 Å². The molecule has 0 saturated heterocycles. The van der Waals surface area contributed by atoms with Crippen LogP contribution in [-0.2, 0) is 16.1 Å². The summed E-state index contributed by atoms with van der Waals surface area (Å²) in [4.78, 5) is 26.6. The fourth-order valence-electron chi connectivity index (χ4n) is 2.85. The lowest BCUT2D eigenvalue weighted by atomic mass is 10.00. The van der Waals surface area contributed by atoms with Gasteiger partial charge in [0.15, 0.2) is 12.4 Å². The third-order valence-corrected chi connectivity index (χ3v) is 5.44. The van der Waals surface area contributed by atoms with Crippen molar-refractivity contribution in [3.05, 3.63) is 57.1 Å². The minimum Gasteiger partial charge on any atom is -0.508 e. The number of hydrogen-bond donors (Lipinski definition) is 1. The fourth-order valence-corrected chi connectivity index (χ4v) is 3.32. The zero-order valence-corrected chi connectivity index (χ0v) is 19.9. The molecule has 0 aliphatic rings. The zero-order chi connectivity index (χ0) is 22.3. The van der Waals surface area contributed by atoms with Crippen LogP contribution in [0.5, 0.6) is 11.5 Å². The molecule has 1 N–H and O–H groups in total. The van der Waals surface area contributed by atoms with Gasteiger partial charge in [0.25, 0.3) is 0 Å². The Morgan fingerprint density at radius 2 is 1.71 bits per heavy atom. The van der Waals surface area contributed by atoms with Gasteiger partial charge in [-0.15, -0.1) is 12.4 Å². The van der Waals surface area contributed by atoms with Crippen molar-refractivity contribution in [3.8, 4) is 11.5 Å². The number of phenolic OH excluding ortho intramolecular Hbond substituents is 1. The first kappa shape index (κ1) is 27.0. The Morgan fingerprint density at radius 3 is 2.32 bits per heavy atom. The predicted molar refractivity (Wildman–Crippen MR) is 124 cm³/mol. The first-order valence-corrected chi connectivity index (χ1v) is 10.4. The Bertz CT molecular complexity index is 916. The molecule has 0 fully saturated rings. The van der Waals surface area contributed by atoms with E-state index in [1.54, 1.807) is 19.1 Å². The molecule has 0 atom stereocenters. The number of carbonyl (C=O) groups excluding carboxylic acids is 2. The molecule has 0 aliphatic carbocycles. The molecule has 9 heteroatoms. The maximum atomic E-state index is 13.0. The van der Waals surface area contributed by atoms with E-state index in [1.807, 2.05) is 13.8 Å². The normalized spacial score (nSPS) is 10.5. The molecule has 2 aromatic carbocycles. The quantitative estimate of drug-likeness (QED) is 0.367. The SMILES string of the molecule is CCOC(=O)COc1ccc(C(=O)c2ccc(O)c(CN(CC)CC)c2)c(Cl)c1Cl.Cl. The highest BCUT2D eigenvalue weighted by Gasteiger charge is 2.20. The molecule has 0 spiro atoms. The second-order valence-electron chi connectivity index (χ2n) is 6.47. The summed E-state index contributed by atoms with van der Waals surface area (Å²) < 4.78 is 10.1. The number of nitrogens with zero attached hydrogens (tertiary/aromatic N) is 1. The van der Waals surface area contributed by atoms with Crippen LogP contribution in [-0.4, -0.2) is 48.1 Å². The third kappa shape index (κ3) is 7.01. The van der Waals surface area contributed by atoms with Crippen LogP contribution in [0.1, 0.15) is 42.3 Å². The number of esters is 1. The highest BCUT2D eigenvalue weighted by atomic mass is 35.5. The van der Waals surface area contributed by atoms with E-state index in [-0.39, 0.29) is 58.5 Å². The van der Waals surface area contributed by atoms with E-state index in [0.717, 1.165) is 13.1 Å². The summed E-state index contributed by atoms with van der Waals surface area (Å²) in [6.07, 6.45) is 0. The summed E-state index contributed by atoms with van der Waals surface area (Å²) in [5.74, 6) is -0.557. The van der Waals surface area contributed by atoms with E-state index in [2.05, 4.69) is 4.90 Å². The lowest BCUT2D eigenvalue weighted by Crippen LogP contribution is -2.22. The average molecular weight is 491 g/mol. The first-order chi connectivity index (χ1) is 14.3. The van der Waals surface area contributed by atoms with Gasteiger partial charge < -0.3 is 14.6 Å². The topological polar surface area (TPSA) is 76.1 Å². The molecule has 2 aromatic rings. The van der Waals surface area contributed by atoms with Crippen molar-refractivity contribution in [2.24, 2.45) is 0 Å². The van der Waals surface area contributed by atoms with Crippen LogP contribution in [0.3, 0.4) is 0 Å². The minimum absolute atomic E-state index is 0. The second-order valence-corrected chi connectivity index (χ2v) is 7.22. The lowest BCUT2D eigenvalue weighted by Gasteiger charge is -2.19. The van der Waals surface area contributed by atoms with E-state index in [1.165, 1.54) is 18.2 Å². The second kappa shape index (κ2) is 12.8. The van der Waals surface area contributed by atoms with E-state index < -0.39 is 5.97 Å². The van der Waals surface area contributed by atoms with Crippen molar-refractivity contribution in [3.63, 3.8) is 0 Å². The maximum Gasteiger partial charge on any atom is 0.344 e. The molecule has 0 unspecified atom stereocenters. The van der Waals surface area contributed by atoms with Crippen molar-refractivity contribution in [1.29, 1.82) is 0 Å². The van der Waals surface area contributed by atoms with Gasteiger partial charge in [-0.05, 0) is 50.3 Å². The van der Waals surface area contributed by atoms with Crippen molar-refractivity contribution in [1.82, 2.24) is 4.90 Å². The van der Waals surface area contributed by atoms with E-state index in [9.17, 15) is 14.7 Å². The molecule has 0 bridgehead atoms. The lowest BCUT2D eigenvalue weighted by molar-refractivity contribution is -0.145. The van der Waals surface area contributed by atoms with E-state index >= 15 is 0 Å². The smallest absolute Gasteiger partial charge is 0.344 e. The van der Waals surface area contributed by atoms with Gasteiger partial charge in [0.2, 0.25) is 0 Å². The van der Waals surface area contributed by atoms with Gasteiger partial charge in [-0.25, -0.2) is 4.79 Å². The molecule has 0 aromatic heterocycles. The van der Waals surface area contributed by atoms with Crippen molar-refractivity contribution in [2.45, 2.75) is 27.3 Å².